The highest BCUT2D eigenvalue weighted by Crippen LogP contribution is 2.37. The van der Waals surface area contributed by atoms with Crippen LogP contribution in [0.3, 0.4) is 0 Å². The zero-order valence-corrected chi connectivity index (χ0v) is 41.6. The molecule has 7 rings (SSSR count). The molecule has 1 aliphatic heterocycles. The van der Waals surface area contributed by atoms with Gasteiger partial charge in [0, 0.05) is 15.6 Å². The number of nitriles is 2. The first-order chi connectivity index (χ1) is 34.2. The lowest BCUT2D eigenvalue weighted by Crippen LogP contribution is -2.41. The van der Waals surface area contributed by atoms with Crippen molar-refractivity contribution in [3.05, 3.63) is 182 Å². The van der Waals surface area contributed by atoms with E-state index in [1.54, 1.807) is 38.1 Å². The van der Waals surface area contributed by atoms with Crippen molar-refractivity contribution < 1.29 is 64.2 Å². The van der Waals surface area contributed by atoms with Crippen LogP contribution in [0, 0.1) is 57.6 Å². The van der Waals surface area contributed by atoms with Crippen molar-refractivity contribution >= 4 is 40.4 Å². The molecule has 0 aromatic heterocycles. The van der Waals surface area contributed by atoms with Gasteiger partial charge in [0.05, 0.1) is 60.5 Å². The van der Waals surface area contributed by atoms with E-state index in [-0.39, 0.29) is 86.0 Å². The molecule has 18 heteroatoms. The van der Waals surface area contributed by atoms with Crippen molar-refractivity contribution in [1.82, 2.24) is 0 Å². The highest BCUT2D eigenvalue weighted by atomic mass is 79.9. The SMILES string of the molecule is C.CCOC(=O)Cc1ccc(-c2ccc(F)c(OCc3ccc(C#N)cc3F)c2)cc1F.CCOC(=O)Cc1ccc(B2OC(C)(C)C(C)(C)O2)cc1F.N#Cc1ccc(COc2cc(Br)ccc2F)c(F)c1. The van der Waals surface area contributed by atoms with Crippen molar-refractivity contribution in [2.75, 3.05) is 13.2 Å². The molecule has 0 atom stereocenters. The molecule has 0 radical (unpaired) electrons. The molecular formula is C55H52BBrF6N2O8. The number of esters is 2. The Labute approximate surface area is 429 Å². The summed E-state index contributed by atoms with van der Waals surface area (Å²) in [5.74, 6) is -4.45. The number of halogens is 7. The Morgan fingerprint density at radius 1 is 0.548 bits per heavy atom. The molecule has 0 aliphatic carbocycles. The maximum Gasteiger partial charge on any atom is 0.494 e. The fourth-order valence-corrected chi connectivity index (χ4v) is 6.94. The van der Waals surface area contributed by atoms with Crippen molar-refractivity contribution in [1.29, 1.82) is 10.5 Å². The molecule has 0 spiro atoms. The number of benzene rings is 6. The van der Waals surface area contributed by atoms with Crippen LogP contribution in [0.15, 0.2) is 114 Å². The Morgan fingerprint density at radius 3 is 1.41 bits per heavy atom. The van der Waals surface area contributed by atoms with E-state index in [4.69, 9.17) is 38.8 Å². The Hall–Kier alpha value is -7.12. The Kier molecular flexibility index (Phi) is 21.3. The molecule has 0 unspecified atom stereocenters. The first-order valence-electron chi connectivity index (χ1n) is 22.3. The van der Waals surface area contributed by atoms with Crippen LogP contribution < -0.4 is 14.9 Å². The van der Waals surface area contributed by atoms with Gasteiger partial charge in [0.2, 0.25) is 0 Å². The smallest absolute Gasteiger partial charge is 0.486 e. The first-order valence-corrected chi connectivity index (χ1v) is 23.1. The van der Waals surface area contributed by atoms with E-state index in [0.29, 0.717) is 26.6 Å². The van der Waals surface area contributed by atoms with E-state index in [1.807, 2.05) is 39.8 Å². The Morgan fingerprint density at radius 2 is 0.959 bits per heavy atom. The van der Waals surface area contributed by atoms with Gasteiger partial charge in [-0.15, -0.1) is 0 Å². The fraction of sp³-hybridized carbons (Fsp3) is 0.273. The molecule has 0 bridgehead atoms. The van der Waals surface area contributed by atoms with Crippen LogP contribution in [0.5, 0.6) is 11.5 Å². The number of nitrogens with zero attached hydrogens (tertiary/aromatic N) is 2. The van der Waals surface area contributed by atoms with E-state index < -0.39 is 65.2 Å². The molecule has 6 aromatic carbocycles. The van der Waals surface area contributed by atoms with E-state index in [9.17, 15) is 35.9 Å². The highest BCUT2D eigenvalue weighted by Gasteiger charge is 2.51. The lowest BCUT2D eigenvalue weighted by molar-refractivity contribution is -0.143. The molecule has 73 heavy (non-hydrogen) atoms. The van der Waals surface area contributed by atoms with E-state index in [0.717, 1.165) is 12.1 Å². The lowest BCUT2D eigenvalue weighted by atomic mass is 9.78. The summed E-state index contributed by atoms with van der Waals surface area (Å²) in [4.78, 5) is 23.0. The number of hydrogen-bond donors (Lipinski definition) is 0. The van der Waals surface area contributed by atoms with Crippen molar-refractivity contribution in [3.63, 3.8) is 0 Å². The largest absolute Gasteiger partial charge is 0.494 e. The number of ether oxygens (including phenoxy) is 4. The number of carbonyl (C=O) groups excluding carboxylic acids is 2. The van der Waals surface area contributed by atoms with Crippen LogP contribution in [0.1, 0.15) is 82.3 Å². The highest BCUT2D eigenvalue weighted by molar-refractivity contribution is 9.10. The molecule has 0 amide bonds. The van der Waals surface area contributed by atoms with Crippen LogP contribution in [0.25, 0.3) is 11.1 Å². The van der Waals surface area contributed by atoms with Gasteiger partial charge in [-0.2, -0.15) is 10.5 Å². The van der Waals surface area contributed by atoms with E-state index >= 15 is 0 Å². The third-order valence-corrected chi connectivity index (χ3v) is 11.7. The molecule has 1 aliphatic rings. The molecule has 382 valence electrons. The first kappa shape index (κ1) is 58.5. The zero-order chi connectivity index (χ0) is 52.8. The third-order valence-electron chi connectivity index (χ3n) is 11.2. The predicted octanol–water partition coefficient (Wildman–Crippen LogP) is 12.4. The van der Waals surface area contributed by atoms with Crippen LogP contribution in [-0.4, -0.2) is 43.5 Å². The molecule has 1 saturated heterocycles. The minimum Gasteiger partial charge on any atom is -0.486 e. The second-order valence-corrected chi connectivity index (χ2v) is 17.8. The van der Waals surface area contributed by atoms with Gasteiger partial charge in [-0.3, -0.25) is 9.59 Å². The average Bonchev–Trinajstić information content (AvgIpc) is 3.56. The topological polar surface area (TPSA) is 137 Å². The second-order valence-electron chi connectivity index (χ2n) is 16.8. The minimum absolute atomic E-state index is 0. The number of hydrogen-bond acceptors (Lipinski definition) is 10. The van der Waals surface area contributed by atoms with Crippen LogP contribution in [-0.2, 0) is 54.4 Å². The van der Waals surface area contributed by atoms with Gasteiger partial charge in [-0.05, 0) is 136 Å². The Bertz CT molecular complexity index is 2980. The van der Waals surface area contributed by atoms with Crippen molar-refractivity contribution in [2.45, 2.75) is 86.2 Å². The van der Waals surface area contributed by atoms with Gasteiger partial charge in [-0.25, -0.2) is 26.3 Å². The van der Waals surface area contributed by atoms with Gasteiger partial charge in [0.15, 0.2) is 23.1 Å². The van der Waals surface area contributed by atoms with Crippen LogP contribution >= 0.6 is 15.9 Å². The summed E-state index contributed by atoms with van der Waals surface area (Å²) in [6.45, 7) is 11.3. The lowest BCUT2D eigenvalue weighted by Gasteiger charge is -2.32. The summed E-state index contributed by atoms with van der Waals surface area (Å²) >= 11 is 3.20. The summed E-state index contributed by atoms with van der Waals surface area (Å²) in [5, 5.41) is 17.4. The van der Waals surface area contributed by atoms with Crippen LogP contribution in [0.2, 0.25) is 0 Å². The molecule has 0 saturated carbocycles. The maximum atomic E-state index is 14.4. The molecule has 6 aromatic rings. The minimum atomic E-state index is -0.655. The standard InChI is InChI=1S/C24H18F3NO3.C16H22BFO4.C14H8BrF2NO.CH4/c1-2-30-24(29)12-18-6-5-16(10-22(18)27)17-7-8-20(25)23(11-17)31-14-19-4-3-15(13-28)9-21(19)26;1-6-20-14(19)9-11-7-8-12(10-13(11)18)17-21-15(2,3)16(4,5)22-17;15-11-3-4-12(16)14(6-11)19-8-10-2-1-9(7-18)5-13(10)17;/h3-11H,2,12,14H2,1H3;7-8,10H,6,9H2,1-5H3;1-6H,8H2;1H4. The van der Waals surface area contributed by atoms with Gasteiger partial charge in [0.1, 0.15) is 36.5 Å². The van der Waals surface area contributed by atoms with Crippen LogP contribution in [0.4, 0.5) is 26.3 Å². The quantitative estimate of drug-likeness (QED) is 0.0589. The zero-order valence-electron chi connectivity index (χ0n) is 40.0. The summed E-state index contributed by atoms with van der Waals surface area (Å²) in [6.07, 6.45) is -0.267. The summed E-state index contributed by atoms with van der Waals surface area (Å²) in [6, 6.07) is 28.9. The fourth-order valence-electron chi connectivity index (χ4n) is 6.60. The van der Waals surface area contributed by atoms with E-state index in [1.165, 1.54) is 72.8 Å². The predicted molar refractivity (Wildman–Crippen MR) is 266 cm³/mol. The summed E-state index contributed by atoms with van der Waals surface area (Å²) < 4.78 is 117. The third kappa shape index (κ3) is 16.2. The van der Waals surface area contributed by atoms with Gasteiger partial charge < -0.3 is 28.3 Å². The monoisotopic (exact) mass is 1070 g/mol. The Balaban J connectivity index is 0.000000244. The van der Waals surface area contributed by atoms with Gasteiger partial charge in [-0.1, -0.05) is 65.8 Å². The summed E-state index contributed by atoms with van der Waals surface area (Å²) in [7, 11) is -0.615. The van der Waals surface area contributed by atoms with Crippen molar-refractivity contribution in [2.24, 2.45) is 0 Å². The molecular weight excluding hydrogens is 1020 g/mol. The molecule has 10 nitrogen and oxygen atoms in total. The van der Waals surface area contributed by atoms with E-state index in [2.05, 4.69) is 15.9 Å². The second kappa shape index (κ2) is 26.5. The molecule has 1 heterocycles. The summed E-state index contributed by atoms with van der Waals surface area (Å²) in [5.41, 5.74) is 1.92. The normalized spacial score (nSPS) is 12.8. The average molecular weight is 1070 g/mol. The number of rotatable bonds is 14. The van der Waals surface area contributed by atoms with Crippen molar-refractivity contribution in [3.8, 4) is 34.8 Å². The molecule has 1 fully saturated rings. The maximum absolute atomic E-state index is 14.4. The van der Waals surface area contributed by atoms with Gasteiger partial charge in [0.25, 0.3) is 0 Å². The number of carbonyl (C=O) groups is 2. The van der Waals surface area contributed by atoms with Gasteiger partial charge >= 0.3 is 19.1 Å². The molecule has 0 N–H and O–H groups in total.